The molecule has 0 amide bonds. The van der Waals surface area contributed by atoms with Crippen LogP contribution in [0.25, 0.3) is 5.69 Å². The van der Waals surface area contributed by atoms with E-state index in [9.17, 15) is 5.11 Å². The van der Waals surface area contributed by atoms with Crippen molar-refractivity contribution in [3.8, 4) is 5.69 Å². The molecule has 0 spiro atoms. The smallest absolute Gasteiger partial charge is 0.290 e. The number of para-hydroxylation sites is 1. The van der Waals surface area contributed by atoms with Gasteiger partial charge in [0.1, 0.15) is 11.9 Å². The summed E-state index contributed by atoms with van der Waals surface area (Å²) in [6, 6.07) is 7.89. The van der Waals surface area contributed by atoms with Crippen LogP contribution in [0.1, 0.15) is 30.5 Å². The topological polar surface area (TPSA) is 95.8 Å². The van der Waals surface area contributed by atoms with Gasteiger partial charge in [-0.1, -0.05) is 18.2 Å². The number of aliphatic hydroxyl groups is 1. The van der Waals surface area contributed by atoms with Crippen LogP contribution >= 0.6 is 11.6 Å². The van der Waals surface area contributed by atoms with E-state index >= 15 is 0 Å². The summed E-state index contributed by atoms with van der Waals surface area (Å²) >= 11 is 6.32. The highest BCUT2D eigenvalue weighted by Crippen LogP contribution is 2.46. The zero-order chi connectivity index (χ0) is 17.5. The maximum atomic E-state index is 10.2. The Bertz CT molecular complexity index is 1070. The van der Waals surface area contributed by atoms with Gasteiger partial charge in [-0.2, -0.15) is 4.98 Å². The number of hydrogen-bond donors (Lipinski definition) is 1. The number of aromatic nitrogens is 4. The van der Waals surface area contributed by atoms with Crippen molar-refractivity contribution in [2.75, 3.05) is 10.0 Å². The number of halogens is 1. The number of anilines is 2. The van der Waals surface area contributed by atoms with Crippen LogP contribution in [-0.4, -0.2) is 31.1 Å². The Labute approximate surface area is 152 Å². The predicted octanol–water partition coefficient (Wildman–Crippen LogP) is 2.17. The molecule has 26 heavy (non-hydrogen) atoms. The fourth-order valence-corrected chi connectivity index (χ4v) is 3.63. The molecule has 4 heterocycles. The SMILES string of the molecule is OC1(c2nc(N3C=NC4c5ccccc5-n5c(cnc5Cl)N43)no2)CC1. The van der Waals surface area contributed by atoms with Gasteiger partial charge >= 0.3 is 0 Å². The molecule has 1 unspecified atom stereocenters. The first-order valence-electron chi connectivity index (χ1n) is 8.16. The third-order valence-corrected chi connectivity index (χ3v) is 5.18. The lowest BCUT2D eigenvalue weighted by Crippen LogP contribution is -2.43. The standard InChI is InChI=1S/C16H12ClN7O2/c17-14-18-7-11-23(14)10-4-2-1-3-9(10)12-19-8-22(24(11)12)15-20-13(26-21-15)16(25)5-6-16/h1-4,7-8,12,25H,5-6H2. The molecule has 130 valence electrons. The molecule has 1 saturated carbocycles. The van der Waals surface area contributed by atoms with Gasteiger partial charge < -0.3 is 9.63 Å². The van der Waals surface area contributed by atoms with Crippen molar-refractivity contribution >= 4 is 29.7 Å². The van der Waals surface area contributed by atoms with Crippen LogP contribution in [0, 0.1) is 0 Å². The molecule has 3 aromatic rings. The average molecular weight is 370 g/mol. The van der Waals surface area contributed by atoms with Crippen molar-refractivity contribution in [3.05, 3.63) is 47.2 Å². The van der Waals surface area contributed by atoms with Gasteiger partial charge in [-0.15, -0.1) is 0 Å². The van der Waals surface area contributed by atoms with E-state index < -0.39 is 5.60 Å². The lowest BCUT2D eigenvalue weighted by Gasteiger charge is -2.36. The minimum atomic E-state index is -0.985. The van der Waals surface area contributed by atoms with Gasteiger partial charge in [0.05, 0.1) is 11.9 Å². The molecule has 0 radical (unpaired) electrons. The number of aliphatic imine (C=N–C) groups is 1. The number of fused-ring (bicyclic) bond motifs is 6. The Morgan fingerprint density at radius 3 is 2.96 bits per heavy atom. The number of imidazole rings is 1. The van der Waals surface area contributed by atoms with Crippen LogP contribution in [0.4, 0.5) is 11.8 Å². The molecule has 6 rings (SSSR count). The van der Waals surface area contributed by atoms with E-state index in [1.165, 1.54) is 0 Å². The minimum absolute atomic E-state index is 0.230. The average Bonchev–Trinajstić information content (AvgIpc) is 3.06. The third kappa shape index (κ3) is 1.73. The summed E-state index contributed by atoms with van der Waals surface area (Å²) in [6.07, 6.45) is 4.30. The van der Waals surface area contributed by atoms with Crippen LogP contribution < -0.4 is 10.0 Å². The first-order chi connectivity index (χ1) is 12.7. The van der Waals surface area contributed by atoms with Crippen LogP contribution in [-0.2, 0) is 5.60 Å². The number of benzene rings is 1. The van der Waals surface area contributed by atoms with Crippen LogP contribution in [0.3, 0.4) is 0 Å². The second-order valence-corrected chi connectivity index (χ2v) is 6.88. The second-order valence-electron chi connectivity index (χ2n) is 6.54. The lowest BCUT2D eigenvalue weighted by atomic mass is 10.1. The summed E-state index contributed by atoms with van der Waals surface area (Å²) in [7, 11) is 0. The fraction of sp³-hybridized carbons (Fsp3) is 0.250. The Morgan fingerprint density at radius 2 is 2.12 bits per heavy atom. The first-order valence-corrected chi connectivity index (χ1v) is 8.54. The van der Waals surface area contributed by atoms with Gasteiger partial charge in [0.25, 0.3) is 11.8 Å². The summed E-state index contributed by atoms with van der Waals surface area (Å²) in [5, 5.41) is 18.1. The molecule has 2 aromatic heterocycles. The largest absolute Gasteiger partial charge is 0.380 e. The molecule has 0 bridgehead atoms. The first kappa shape index (κ1) is 14.3. The van der Waals surface area contributed by atoms with E-state index in [0.29, 0.717) is 24.1 Å². The summed E-state index contributed by atoms with van der Waals surface area (Å²) in [5.41, 5.74) is 0.940. The van der Waals surface area contributed by atoms with E-state index in [2.05, 4.69) is 20.1 Å². The van der Waals surface area contributed by atoms with Crippen LogP contribution in [0.5, 0.6) is 0 Å². The van der Waals surface area contributed by atoms with Gasteiger partial charge in [-0.05, 0) is 35.7 Å². The molecule has 9 nitrogen and oxygen atoms in total. The van der Waals surface area contributed by atoms with Crippen molar-refractivity contribution in [2.24, 2.45) is 4.99 Å². The Kier molecular flexibility index (Phi) is 2.54. The van der Waals surface area contributed by atoms with Crippen molar-refractivity contribution in [2.45, 2.75) is 24.6 Å². The summed E-state index contributed by atoms with van der Waals surface area (Å²) in [6.45, 7) is 0. The van der Waals surface area contributed by atoms with Gasteiger partial charge in [-0.3, -0.25) is 4.57 Å². The molecular formula is C16H12ClN7O2. The zero-order valence-electron chi connectivity index (χ0n) is 13.3. The van der Waals surface area contributed by atoms with Gasteiger partial charge in [-0.25, -0.2) is 20.0 Å². The zero-order valence-corrected chi connectivity index (χ0v) is 14.1. The number of rotatable bonds is 2. The number of nitrogens with zero attached hydrogens (tertiary/aromatic N) is 7. The maximum Gasteiger partial charge on any atom is 0.290 e. The van der Waals surface area contributed by atoms with Crippen molar-refractivity contribution in [1.82, 2.24) is 19.7 Å². The predicted molar refractivity (Wildman–Crippen MR) is 92.2 cm³/mol. The monoisotopic (exact) mass is 369 g/mol. The van der Waals surface area contributed by atoms with Crippen molar-refractivity contribution in [3.63, 3.8) is 0 Å². The molecule has 0 saturated heterocycles. The second kappa shape index (κ2) is 4.63. The van der Waals surface area contributed by atoms with Crippen molar-refractivity contribution in [1.29, 1.82) is 0 Å². The molecular weight excluding hydrogens is 358 g/mol. The van der Waals surface area contributed by atoms with Crippen molar-refractivity contribution < 1.29 is 9.63 Å². The molecule has 1 aromatic carbocycles. The maximum absolute atomic E-state index is 10.2. The summed E-state index contributed by atoms with van der Waals surface area (Å²) < 4.78 is 7.11. The summed E-state index contributed by atoms with van der Waals surface area (Å²) in [5.74, 6) is 1.27. The number of hydrazine groups is 1. The molecule has 3 aliphatic rings. The third-order valence-electron chi connectivity index (χ3n) is 4.91. The molecule has 1 N–H and O–H groups in total. The van der Waals surface area contributed by atoms with E-state index in [1.54, 1.807) is 17.5 Å². The van der Waals surface area contributed by atoms with Gasteiger partial charge in [0, 0.05) is 5.56 Å². The highest BCUT2D eigenvalue weighted by Gasteiger charge is 2.49. The highest BCUT2D eigenvalue weighted by molar-refractivity contribution is 6.29. The Balaban J connectivity index is 1.49. The fourth-order valence-electron chi connectivity index (χ4n) is 3.40. The summed E-state index contributed by atoms with van der Waals surface area (Å²) in [4.78, 5) is 13.2. The normalized spacial score (nSPS) is 21.5. The molecule has 10 heteroatoms. The van der Waals surface area contributed by atoms with E-state index in [4.69, 9.17) is 16.1 Å². The Morgan fingerprint density at radius 1 is 1.27 bits per heavy atom. The molecule has 1 atom stereocenters. The number of hydrogen-bond acceptors (Lipinski definition) is 8. The van der Waals surface area contributed by atoms with E-state index in [0.717, 1.165) is 17.1 Å². The Hall–Kier alpha value is -2.91. The minimum Gasteiger partial charge on any atom is -0.380 e. The van der Waals surface area contributed by atoms with Gasteiger partial charge in [0.15, 0.2) is 12.0 Å². The van der Waals surface area contributed by atoms with E-state index in [1.807, 2.05) is 33.8 Å². The van der Waals surface area contributed by atoms with Crippen LogP contribution in [0.15, 0.2) is 40.0 Å². The quantitative estimate of drug-likeness (QED) is 0.739. The molecule has 1 fully saturated rings. The van der Waals surface area contributed by atoms with E-state index in [-0.39, 0.29) is 12.1 Å². The lowest BCUT2D eigenvalue weighted by molar-refractivity contribution is 0.108. The van der Waals surface area contributed by atoms with Crippen LogP contribution in [0.2, 0.25) is 5.28 Å². The van der Waals surface area contributed by atoms with Gasteiger partial charge in [0.2, 0.25) is 5.28 Å². The molecule has 2 aliphatic heterocycles. The molecule has 1 aliphatic carbocycles. The highest BCUT2D eigenvalue weighted by atomic mass is 35.5.